The zero-order valence-corrected chi connectivity index (χ0v) is 52.0. The number of rotatable bonds is 17. The molecule has 3 atom stereocenters. The summed E-state index contributed by atoms with van der Waals surface area (Å²) in [5.74, 6) is 3.11. The van der Waals surface area contributed by atoms with E-state index in [1.165, 1.54) is 66.8 Å². The van der Waals surface area contributed by atoms with E-state index >= 15 is 0 Å². The van der Waals surface area contributed by atoms with Crippen molar-refractivity contribution in [2.24, 2.45) is 0 Å². The Balaban J connectivity index is 0.731. The average Bonchev–Trinajstić information content (AvgIpc) is 1.54. The lowest BCUT2D eigenvalue weighted by Crippen LogP contribution is -2.31. The van der Waals surface area contributed by atoms with E-state index in [2.05, 4.69) is 320 Å². The molecule has 3 unspecified atom stereocenters. The summed E-state index contributed by atoms with van der Waals surface area (Å²) in [7, 11) is 0. The summed E-state index contributed by atoms with van der Waals surface area (Å²) in [6.07, 6.45) is 11.6. The van der Waals surface area contributed by atoms with Crippen LogP contribution < -0.4 is 19.3 Å². The van der Waals surface area contributed by atoms with Crippen molar-refractivity contribution >= 4 is 46.2 Å². The van der Waals surface area contributed by atoms with E-state index in [4.69, 9.17) is 9.47 Å². The standard InChI is InChI=1S/C90H66N2O2/c1-3-63-33-51-77(52-34-63)93-79-55-41-69(42-56-79)89(67-21-9-5-10-22-67)85-31-19-17-29-81(85)83-59-49-75(61-87(83)89)91(71-25-13-7-14-26-71)73-45-37-65(38-46-73)66-39-47-74(48-40-66)92(72-27-15-8-16-28-72)76-50-60-84-82-30-18-20-32-86(82)90(88(84)62-76,68-23-11-6-12-24-68)70-43-57-80(58-44-70)94-78-53-35-64(4-2)36-54-78/h3-47,49-62,74H,1-2,48H2. The summed E-state index contributed by atoms with van der Waals surface area (Å²) in [5, 5.41) is 0. The van der Waals surface area contributed by atoms with E-state index < -0.39 is 10.8 Å². The Bertz CT molecular complexity index is 4990. The van der Waals surface area contributed by atoms with Crippen molar-refractivity contribution < 1.29 is 9.47 Å². The fraction of sp³-hybridized carbons (Fsp3) is 0.0444. The van der Waals surface area contributed by atoms with Crippen LogP contribution in [0.3, 0.4) is 0 Å². The number of fused-ring (bicyclic) bond motifs is 6. The number of hydrogen-bond acceptors (Lipinski definition) is 4. The molecule has 0 saturated carbocycles. The second kappa shape index (κ2) is 24.3. The Kier molecular flexibility index (Phi) is 14.8. The third-order valence-corrected chi connectivity index (χ3v) is 19.2. The van der Waals surface area contributed by atoms with Crippen molar-refractivity contribution in [2.45, 2.75) is 23.3 Å². The molecule has 0 saturated heterocycles. The number of ether oxygens (including phenoxy) is 2. The van der Waals surface area contributed by atoms with Crippen molar-refractivity contribution in [3.05, 3.63) is 420 Å². The molecule has 0 aromatic heterocycles. The summed E-state index contributed by atoms with van der Waals surface area (Å²) in [4.78, 5) is 4.92. The van der Waals surface area contributed by atoms with Gasteiger partial charge in [0, 0.05) is 28.4 Å². The van der Waals surface area contributed by atoms with Gasteiger partial charge in [-0.15, -0.1) is 0 Å². The molecule has 0 amide bonds. The Morgan fingerprint density at radius 3 is 1.16 bits per heavy atom. The minimum Gasteiger partial charge on any atom is -0.457 e. The van der Waals surface area contributed by atoms with E-state index in [0.717, 1.165) is 80.1 Å². The first kappa shape index (κ1) is 57.2. The van der Waals surface area contributed by atoms with Crippen molar-refractivity contribution in [3.8, 4) is 45.3 Å². The second-order valence-electron chi connectivity index (χ2n) is 24.3. The Morgan fingerprint density at radius 1 is 0.330 bits per heavy atom. The van der Waals surface area contributed by atoms with Gasteiger partial charge in [0.05, 0.1) is 16.9 Å². The maximum absolute atomic E-state index is 6.43. The fourth-order valence-electron chi connectivity index (χ4n) is 14.9. The maximum Gasteiger partial charge on any atom is 0.127 e. The monoisotopic (exact) mass is 1210 g/mol. The summed E-state index contributed by atoms with van der Waals surface area (Å²) < 4.78 is 12.9. The summed E-state index contributed by atoms with van der Waals surface area (Å²) >= 11 is 0. The molecule has 4 nitrogen and oxygen atoms in total. The highest BCUT2D eigenvalue weighted by Gasteiger charge is 2.48. The predicted molar refractivity (Wildman–Crippen MR) is 389 cm³/mol. The van der Waals surface area contributed by atoms with E-state index in [1.807, 2.05) is 60.7 Å². The molecule has 0 spiro atoms. The molecule has 3 aliphatic carbocycles. The lowest BCUT2D eigenvalue weighted by atomic mass is 9.67. The van der Waals surface area contributed by atoms with Crippen LogP contribution >= 0.6 is 0 Å². The largest absolute Gasteiger partial charge is 0.457 e. The van der Waals surface area contributed by atoms with Crippen LogP contribution in [0.15, 0.2) is 359 Å². The van der Waals surface area contributed by atoms with Crippen LogP contribution in [0, 0.1) is 0 Å². The van der Waals surface area contributed by atoms with Gasteiger partial charge >= 0.3 is 0 Å². The Hall–Kier alpha value is -12.0. The number of hydrogen-bond donors (Lipinski definition) is 0. The van der Waals surface area contributed by atoms with Gasteiger partial charge in [-0.25, -0.2) is 0 Å². The van der Waals surface area contributed by atoms with Crippen molar-refractivity contribution in [2.75, 3.05) is 9.80 Å². The number of anilines is 5. The lowest BCUT2D eigenvalue weighted by Gasteiger charge is -2.36. The summed E-state index contributed by atoms with van der Waals surface area (Å²) in [5.41, 5.74) is 23.3. The van der Waals surface area contributed by atoms with Gasteiger partial charge in [-0.05, 0) is 205 Å². The van der Waals surface area contributed by atoms with Gasteiger partial charge in [-0.3, -0.25) is 0 Å². The molecule has 448 valence electrons. The zero-order chi connectivity index (χ0) is 63.0. The molecule has 0 N–H and O–H groups in total. The van der Waals surface area contributed by atoms with Gasteiger partial charge < -0.3 is 19.3 Å². The fourth-order valence-corrected chi connectivity index (χ4v) is 14.9. The molecule has 0 bridgehead atoms. The van der Waals surface area contributed by atoms with Crippen LogP contribution in [0.25, 0.3) is 40.0 Å². The molecule has 0 fully saturated rings. The van der Waals surface area contributed by atoms with Crippen LogP contribution in [-0.2, 0) is 10.8 Å². The zero-order valence-electron chi connectivity index (χ0n) is 52.0. The maximum atomic E-state index is 6.43. The average molecular weight is 1210 g/mol. The quantitative estimate of drug-likeness (QED) is 0.0907. The van der Waals surface area contributed by atoms with Gasteiger partial charge in [0.2, 0.25) is 0 Å². The Morgan fingerprint density at radius 2 is 0.702 bits per heavy atom. The molecular weight excluding hydrogens is 1140 g/mol. The third kappa shape index (κ3) is 9.96. The number of nitrogens with zero attached hydrogens (tertiary/aromatic N) is 2. The van der Waals surface area contributed by atoms with Gasteiger partial charge in [0.1, 0.15) is 23.0 Å². The predicted octanol–water partition coefficient (Wildman–Crippen LogP) is 23.3. The molecule has 4 heteroatoms. The first-order valence-corrected chi connectivity index (χ1v) is 32.3. The molecule has 94 heavy (non-hydrogen) atoms. The van der Waals surface area contributed by atoms with Crippen LogP contribution in [0.2, 0.25) is 0 Å². The number of allylic oxidation sites excluding steroid dienone is 2. The summed E-state index contributed by atoms with van der Waals surface area (Å²) in [6, 6.07) is 118. The molecule has 13 aromatic carbocycles. The molecule has 0 radical (unpaired) electrons. The highest BCUT2D eigenvalue weighted by molar-refractivity contribution is 5.91. The lowest BCUT2D eigenvalue weighted by molar-refractivity contribution is 0.482. The van der Waals surface area contributed by atoms with E-state index in [1.54, 1.807) is 0 Å². The third-order valence-electron chi connectivity index (χ3n) is 19.2. The minimum atomic E-state index is -0.629. The molecule has 0 aliphatic heterocycles. The van der Waals surface area contributed by atoms with Crippen molar-refractivity contribution in [1.29, 1.82) is 0 Å². The Labute approximate surface area is 550 Å². The highest BCUT2D eigenvalue weighted by Crippen LogP contribution is 2.59. The molecule has 3 aliphatic rings. The highest BCUT2D eigenvalue weighted by atomic mass is 16.5. The first-order valence-electron chi connectivity index (χ1n) is 32.3. The van der Waals surface area contributed by atoms with Gasteiger partial charge in [-0.2, -0.15) is 0 Å². The SMILES string of the molecule is C=Cc1ccc(Oc2ccc(C3(c4ccccc4)c4ccccc4-c4ccc(N(c5ccccc5)c5ccc(C6=CCC(N(c7ccccc7)c7ccc8c(c7)C(c7ccccc7)(c7ccc(Oc9ccc(C=C)cc9)cc7)c7ccccc7-8)C=C6)cc5)cc43)cc2)cc1. The molecule has 16 rings (SSSR count). The molecular formula is C90H66N2O2. The van der Waals surface area contributed by atoms with Crippen LogP contribution in [0.5, 0.6) is 23.0 Å². The van der Waals surface area contributed by atoms with E-state index in [-0.39, 0.29) is 6.04 Å². The van der Waals surface area contributed by atoms with E-state index in [9.17, 15) is 0 Å². The molecule has 0 heterocycles. The van der Waals surface area contributed by atoms with Gasteiger partial charge in [0.15, 0.2) is 0 Å². The minimum absolute atomic E-state index is 0.0321. The van der Waals surface area contributed by atoms with E-state index in [0.29, 0.717) is 0 Å². The van der Waals surface area contributed by atoms with Crippen LogP contribution in [-0.4, -0.2) is 6.04 Å². The number of para-hydroxylation sites is 2. The molecule has 13 aromatic rings. The van der Waals surface area contributed by atoms with Crippen molar-refractivity contribution in [1.82, 2.24) is 0 Å². The van der Waals surface area contributed by atoms with Crippen LogP contribution in [0.1, 0.15) is 67.6 Å². The normalized spacial score (nSPS) is 16.3. The smallest absolute Gasteiger partial charge is 0.127 e. The van der Waals surface area contributed by atoms with Crippen LogP contribution in [0.4, 0.5) is 28.4 Å². The number of benzene rings is 13. The van der Waals surface area contributed by atoms with Crippen molar-refractivity contribution in [3.63, 3.8) is 0 Å². The summed E-state index contributed by atoms with van der Waals surface area (Å²) in [6.45, 7) is 7.84. The second-order valence-corrected chi connectivity index (χ2v) is 24.3. The topological polar surface area (TPSA) is 24.9 Å². The first-order chi connectivity index (χ1) is 46.5. The van der Waals surface area contributed by atoms with Gasteiger partial charge in [0.25, 0.3) is 0 Å². The van der Waals surface area contributed by atoms with Gasteiger partial charge in [-0.1, -0.05) is 262 Å².